The number of fused-ring (bicyclic) bond motifs is 3. The van der Waals surface area contributed by atoms with Crippen LogP contribution in [0.3, 0.4) is 0 Å². The van der Waals surface area contributed by atoms with E-state index in [2.05, 4.69) is 20.1 Å². The van der Waals surface area contributed by atoms with E-state index in [-0.39, 0.29) is 11.9 Å². The van der Waals surface area contributed by atoms with E-state index in [1.54, 1.807) is 0 Å². The third kappa shape index (κ3) is 4.27. The zero-order valence-corrected chi connectivity index (χ0v) is 17.1. The maximum absolute atomic E-state index is 12.7. The van der Waals surface area contributed by atoms with Crippen molar-refractivity contribution in [3.05, 3.63) is 48.2 Å². The average Bonchev–Trinajstić information content (AvgIpc) is 2.81. The maximum Gasteiger partial charge on any atom is 0.251 e. The fourth-order valence-electron chi connectivity index (χ4n) is 4.62. The number of nitrogens with one attached hydrogen (secondary N) is 1. The number of hydrogen-bond donors (Lipinski definition) is 1. The van der Waals surface area contributed by atoms with Gasteiger partial charge in [-0.05, 0) is 62.2 Å². The summed E-state index contributed by atoms with van der Waals surface area (Å²) in [7, 11) is 0. The molecule has 0 unspecified atom stereocenters. The predicted molar refractivity (Wildman–Crippen MR) is 114 cm³/mol. The zero-order chi connectivity index (χ0) is 20.3. The molecule has 4 aliphatic heterocycles. The molecule has 4 saturated heterocycles. The highest BCUT2D eigenvalue weighted by atomic mass is 16.5. The number of carbonyl (C=O) groups is 1. The Bertz CT molecular complexity index is 857. The molecule has 7 nitrogen and oxygen atoms in total. The standard InChI is InChI=1S/C23H28N4O3/c28-23(25-21-16-26-9-7-17(21)8-10-26)18-1-4-20(5-2-18)30-22-6-3-19(15-24-22)27-11-13-29-14-12-27/h1-6,15,17,21H,7-14,16H2,(H,25,28)/t21-/m0/s1. The Morgan fingerprint density at radius 1 is 1.03 bits per heavy atom. The van der Waals surface area contributed by atoms with Crippen LogP contribution in [-0.4, -0.2) is 67.8 Å². The molecule has 1 aromatic carbocycles. The number of hydrogen-bond acceptors (Lipinski definition) is 6. The number of morpholine rings is 1. The Kier molecular flexibility index (Phi) is 5.55. The van der Waals surface area contributed by atoms with E-state index in [9.17, 15) is 4.79 Å². The lowest BCUT2D eigenvalue weighted by molar-refractivity contribution is 0.0620. The molecule has 30 heavy (non-hydrogen) atoms. The summed E-state index contributed by atoms with van der Waals surface area (Å²) < 4.78 is 11.2. The molecule has 1 aromatic heterocycles. The van der Waals surface area contributed by atoms with Gasteiger partial charge < -0.3 is 24.6 Å². The number of piperidine rings is 3. The quantitative estimate of drug-likeness (QED) is 0.820. The number of aromatic nitrogens is 1. The van der Waals surface area contributed by atoms with Gasteiger partial charge in [0.15, 0.2) is 0 Å². The first-order valence-electron chi connectivity index (χ1n) is 10.8. The summed E-state index contributed by atoms with van der Waals surface area (Å²) in [4.78, 5) is 21.8. The van der Waals surface area contributed by atoms with Gasteiger partial charge in [-0.15, -0.1) is 0 Å². The summed E-state index contributed by atoms with van der Waals surface area (Å²) in [5.41, 5.74) is 1.74. The highest BCUT2D eigenvalue weighted by molar-refractivity contribution is 5.94. The van der Waals surface area contributed by atoms with Gasteiger partial charge in [-0.25, -0.2) is 4.98 Å². The predicted octanol–water partition coefficient (Wildman–Crippen LogP) is 2.53. The SMILES string of the molecule is O=C(N[C@H]1CN2CCC1CC2)c1ccc(Oc2ccc(N3CCOCC3)cn2)cc1. The van der Waals surface area contributed by atoms with Gasteiger partial charge in [0.1, 0.15) is 5.75 Å². The minimum absolute atomic E-state index is 0.00621. The molecule has 0 spiro atoms. The van der Waals surface area contributed by atoms with Gasteiger partial charge in [0.05, 0.1) is 25.1 Å². The van der Waals surface area contributed by atoms with Crippen LogP contribution in [-0.2, 0) is 4.74 Å². The molecule has 2 aromatic rings. The molecule has 7 heteroatoms. The summed E-state index contributed by atoms with van der Waals surface area (Å²) in [5.74, 6) is 1.82. The molecular formula is C23H28N4O3. The van der Waals surface area contributed by atoms with Crippen LogP contribution in [0.25, 0.3) is 0 Å². The average molecular weight is 409 g/mol. The summed E-state index contributed by atoms with van der Waals surface area (Å²) in [6.45, 7) is 6.57. The number of nitrogens with zero attached hydrogens (tertiary/aromatic N) is 3. The topological polar surface area (TPSA) is 66.9 Å². The number of amides is 1. The second-order valence-corrected chi connectivity index (χ2v) is 8.30. The molecule has 4 fully saturated rings. The largest absolute Gasteiger partial charge is 0.439 e. The van der Waals surface area contributed by atoms with E-state index in [0.29, 0.717) is 23.1 Å². The Morgan fingerprint density at radius 3 is 2.43 bits per heavy atom. The first-order valence-corrected chi connectivity index (χ1v) is 10.8. The van der Waals surface area contributed by atoms with Crippen LogP contribution in [0.1, 0.15) is 23.2 Å². The van der Waals surface area contributed by atoms with Crippen LogP contribution in [0.5, 0.6) is 11.6 Å². The number of rotatable bonds is 5. The van der Waals surface area contributed by atoms with Crippen molar-refractivity contribution in [3.8, 4) is 11.6 Å². The molecule has 1 atom stereocenters. The molecule has 4 aliphatic rings. The van der Waals surface area contributed by atoms with Crippen LogP contribution in [0.15, 0.2) is 42.6 Å². The van der Waals surface area contributed by atoms with E-state index in [0.717, 1.165) is 38.5 Å². The fourth-order valence-corrected chi connectivity index (χ4v) is 4.62. The van der Waals surface area contributed by atoms with Crippen molar-refractivity contribution in [3.63, 3.8) is 0 Å². The highest BCUT2D eigenvalue weighted by Crippen LogP contribution is 2.28. The van der Waals surface area contributed by atoms with E-state index in [1.807, 2.05) is 42.6 Å². The van der Waals surface area contributed by atoms with Gasteiger partial charge in [0.25, 0.3) is 5.91 Å². The third-order valence-electron chi connectivity index (χ3n) is 6.41. The number of pyridine rings is 1. The molecule has 0 aliphatic carbocycles. The van der Waals surface area contributed by atoms with Crippen molar-refractivity contribution in [1.29, 1.82) is 0 Å². The second kappa shape index (κ2) is 8.62. The number of anilines is 1. The van der Waals surface area contributed by atoms with E-state index in [1.165, 1.54) is 25.9 Å². The molecule has 6 rings (SSSR count). The van der Waals surface area contributed by atoms with Crippen molar-refractivity contribution < 1.29 is 14.3 Å². The smallest absolute Gasteiger partial charge is 0.251 e. The van der Waals surface area contributed by atoms with Gasteiger partial charge >= 0.3 is 0 Å². The molecule has 158 valence electrons. The summed E-state index contributed by atoms with van der Waals surface area (Å²) in [6.07, 6.45) is 4.21. The van der Waals surface area contributed by atoms with Crippen LogP contribution in [0.4, 0.5) is 5.69 Å². The monoisotopic (exact) mass is 408 g/mol. The van der Waals surface area contributed by atoms with Crippen molar-refractivity contribution in [2.75, 3.05) is 50.8 Å². The first kappa shape index (κ1) is 19.3. The van der Waals surface area contributed by atoms with Crippen molar-refractivity contribution in [1.82, 2.24) is 15.2 Å². The van der Waals surface area contributed by atoms with Crippen LogP contribution >= 0.6 is 0 Å². The number of benzene rings is 1. The Balaban J connectivity index is 1.17. The molecule has 2 bridgehead atoms. The van der Waals surface area contributed by atoms with E-state index in [4.69, 9.17) is 9.47 Å². The number of carbonyl (C=O) groups excluding carboxylic acids is 1. The van der Waals surface area contributed by atoms with Crippen molar-refractivity contribution in [2.24, 2.45) is 5.92 Å². The number of ether oxygens (including phenoxy) is 2. The summed E-state index contributed by atoms with van der Waals surface area (Å²) in [6, 6.07) is 11.4. The van der Waals surface area contributed by atoms with Crippen LogP contribution in [0, 0.1) is 5.92 Å². The van der Waals surface area contributed by atoms with Crippen LogP contribution < -0.4 is 15.0 Å². The van der Waals surface area contributed by atoms with Crippen molar-refractivity contribution >= 4 is 11.6 Å². The maximum atomic E-state index is 12.7. The fraction of sp³-hybridized carbons (Fsp3) is 0.478. The Hall–Kier alpha value is -2.64. The summed E-state index contributed by atoms with van der Waals surface area (Å²) >= 11 is 0. The molecule has 0 saturated carbocycles. The normalized spacial score (nSPS) is 25.7. The van der Waals surface area contributed by atoms with Gasteiger partial charge in [-0.3, -0.25) is 4.79 Å². The van der Waals surface area contributed by atoms with E-state index >= 15 is 0 Å². The van der Waals surface area contributed by atoms with Gasteiger partial charge in [0.2, 0.25) is 5.88 Å². The molecule has 1 amide bonds. The van der Waals surface area contributed by atoms with Crippen LogP contribution in [0.2, 0.25) is 0 Å². The lowest BCUT2D eigenvalue weighted by Crippen LogP contribution is -2.57. The third-order valence-corrected chi connectivity index (χ3v) is 6.41. The molecule has 5 heterocycles. The van der Waals surface area contributed by atoms with E-state index < -0.39 is 0 Å². The van der Waals surface area contributed by atoms with Gasteiger partial charge in [-0.1, -0.05) is 0 Å². The Morgan fingerprint density at radius 2 is 1.80 bits per heavy atom. The molecule has 0 radical (unpaired) electrons. The molecule has 1 N–H and O–H groups in total. The van der Waals surface area contributed by atoms with Gasteiger partial charge in [0, 0.05) is 37.3 Å². The second-order valence-electron chi connectivity index (χ2n) is 8.30. The zero-order valence-electron chi connectivity index (χ0n) is 17.1. The lowest BCUT2D eigenvalue weighted by atomic mass is 9.84. The molecular weight excluding hydrogens is 380 g/mol. The minimum atomic E-state index is -0.00621. The van der Waals surface area contributed by atoms with Gasteiger partial charge in [-0.2, -0.15) is 0 Å². The lowest BCUT2D eigenvalue weighted by Gasteiger charge is -2.44. The van der Waals surface area contributed by atoms with Crippen molar-refractivity contribution in [2.45, 2.75) is 18.9 Å². The minimum Gasteiger partial charge on any atom is -0.439 e. The summed E-state index contributed by atoms with van der Waals surface area (Å²) in [5, 5.41) is 3.23. The Labute approximate surface area is 177 Å². The highest BCUT2D eigenvalue weighted by Gasteiger charge is 2.34. The first-order chi connectivity index (χ1) is 14.7.